The lowest BCUT2D eigenvalue weighted by atomic mass is 10.1. The number of nitrogens with zero attached hydrogens (tertiary/aromatic N) is 2. The maximum atomic E-state index is 11.9. The molecule has 2 aliphatic heterocycles. The Morgan fingerprint density at radius 2 is 2.00 bits per heavy atom. The minimum absolute atomic E-state index is 0.00716. The Kier molecular flexibility index (Phi) is 4.43. The molecule has 2 fully saturated rings. The largest absolute Gasteiger partial charge is 0.484 e. The van der Waals surface area contributed by atoms with Gasteiger partial charge in [-0.3, -0.25) is 9.69 Å². The van der Waals surface area contributed by atoms with Crippen molar-refractivity contribution < 1.29 is 19.0 Å². The van der Waals surface area contributed by atoms with Crippen LogP contribution in [0.5, 0.6) is 11.6 Å². The first-order valence-corrected chi connectivity index (χ1v) is 9.95. The number of hydrogen-bond donors (Lipinski definition) is 0. The highest BCUT2D eigenvalue weighted by Gasteiger charge is 2.60. The van der Waals surface area contributed by atoms with Crippen LogP contribution < -0.4 is 9.47 Å². The molecule has 1 aliphatic carbocycles. The van der Waals surface area contributed by atoms with Crippen molar-refractivity contribution in [1.29, 1.82) is 0 Å². The minimum Gasteiger partial charge on any atom is -0.484 e. The van der Waals surface area contributed by atoms with E-state index in [-0.39, 0.29) is 18.0 Å². The maximum Gasteiger partial charge on any atom is 0.309 e. The van der Waals surface area contributed by atoms with Gasteiger partial charge in [0.2, 0.25) is 0 Å². The van der Waals surface area contributed by atoms with Crippen molar-refractivity contribution in [2.75, 3.05) is 26.3 Å². The fraction of sp³-hybridized carbons (Fsp3) is 0.455. The van der Waals surface area contributed by atoms with E-state index in [1.165, 1.54) is 5.56 Å². The Hall–Kier alpha value is -2.60. The van der Waals surface area contributed by atoms with E-state index < -0.39 is 0 Å². The standard InChI is InChI=1S/C22H24N2O4/c1-2-26-22(25)20-16-11-24(12-17(16)20)10-14-5-7-15(8-6-14)19-13-27-18-4-3-9-23-21(18)28-19/h3-9,16-17,19-20H,2,10-13H2,1H3/t16?,17?,19-,20?/m1/s1. The molecule has 5 rings (SSSR count). The molecule has 1 saturated heterocycles. The van der Waals surface area contributed by atoms with Crippen LogP contribution >= 0.6 is 0 Å². The van der Waals surface area contributed by atoms with Gasteiger partial charge in [-0.15, -0.1) is 0 Å². The number of hydrogen-bond acceptors (Lipinski definition) is 6. The molecule has 3 heterocycles. The normalized spacial score (nSPS) is 27.9. The summed E-state index contributed by atoms with van der Waals surface area (Å²) in [5.74, 6) is 2.35. The van der Waals surface area contributed by atoms with Gasteiger partial charge in [0.05, 0.1) is 12.5 Å². The van der Waals surface area contributed by atoms with E-state index in [0.29, 0.717) is 36.7 Å². The number of pyridine rings is 1. The zero-order valence-corrected chi connectivity index (χ0v) is 15.9. The van der Waals surface area contributed by atoms with Gasteiger partial charge >= 0.3 is 5.97 Å². The molecule has 1 aromatic carbocycles. The molecule has 2 aromatic rings. The summed E-state index contributed by atoms with van der Waals surface area (Å²) in [6.45, 7) is 5.71. The summed E-state index contributed by atoms with van der Waals surface area (Å²) in [7, 11) is 0. The Morgan fingerprint density at radius 1 is 1.21 bits per heavy atom. The third-order valence-corrected chi connectivity index (χ3v) is 5.97. The first kappa shape index (κ1) is 17.5. The third kappa shape index (κ3) is 3.22. The molecule has 3 atom stereocenters. The first-order valence-electron chi connectivity index (χ1n) is 9.95. The molecule has 0 spiro atoms. The predicted molar refractivity (Wildman–Crippen MR) is 102 cm³/mol. The van der Waals surface area contributed by atoms with Gasteiger partial charge in [0.25, 0.3) is 5.88 Å². The van der Waals surface area contributed by atoms with Gasteiger partial charge in [0, 0.05) is 25.8 Å². The highest BCUT2D eigenvalue weighted by molar-refractivity contribution is 5.77. The van der Waals surface area contributed by atoms with Crippen LogP contribution in [0.2, 0.25) is 0 Å². The monoisotopic (exact) mass is 380 g/mol. The summed E-state index contributed by atoms with van der Waals surface area (Å²) in [5, 5.41) is 0. The highest BCUT2D eigenvalue weighted by Crippen LogP contribution is 2.52. The summed E-state index contributed by atoms with van der Waals surface area (Å²) in [6.07, 6.45) is 1.57. The van der Waals surface area contributed by atoms with Crippen molar-refractivity contribution in [3.63, 3.8) is 0 Å². The van der Waals surface area contributed by atoms with E-state index in [4.69, 9.17) is 14.2 Å². The lowest BCUT2D eigenvalue weighted by Crippen LogP contribution is -2.26. The van der Waals surface area contributed by atoms with Crippen LogP contribution in [0.25, 0.3) is 0 Å². The van der Waals surface area contributed by atoms with Gasteiger partial charge in [0.15, 0.2) is 11.9 Å². The second-order valence-electron chi connectivity index (χ2n) is 7.77. The number of rotatable bonds is 5. The second kappa shape index (κ2) is 7.09. The zero-order chi connectivity index (χ0) is 19.1. The van der Waals surface area contributed by atoms with Gasteiger partial charge in [-0.1, -0.05) is 24.3 Å². The minimum atomic E-state index is -0.138. The van der Waals surface area contributed by atoms with E-state index >= 15 is 0 Å². The van der Waals surface area contributed by atoms with Crippen LogP contribution in [0.15, 0.2) is 42.6 Å². The number of likely N-dealkylation sites (tertiary alicyclic amines) is 1. The summed E-state index contributed by atoms with van der Waals surface area (Å²) >= 11 is 0. The van der Waals surface area contributed by atoms with Crippen LogP contribution in [0.4, 0.5) is 0 Å². The molecular formula is C22H24N2O4. The number of benzene rings is 1. The molecule has 0 N–H and O–H groups in total. The van der Waals surface area contributed by atoms with Gasteiger partial charge in [-0.05, 0) is 42.0 Å². The van der Waals surface area contributed by atoms with Crippen LogP contribution in [0.1, 0.15) is 24.2 Å². The van der Waals surface area contributed by atoms with Crippen LogP contribution in [-0.4, -0.2) is 42.2 Å². The number of esters is 1. The molecular weight excluding hydrogens is 356 g/mol. The number of carbonyl (C=O) groups is 1. The van der Waals surface area contributed by atoms with E-state index in [0.717, 1.165) is 25.2 Å². The Morgan fingerprint density at radius 3 is 2.75 bits per heavy atom. The van der Waals surface area contributed by atoms with Crippen molar-refractivity contribution >= 4 is 5.97 Å². The lowest BCUT2D eigenvalue weighted by Gasteiger charge is -2.26. The quantitative estimate of drug-likeness (QED) is 0.744. The predicted octanol–water partition coefficient (Wildman–Crippen LogP) is 2.84. The van der Waals surface area contributed by atoms with Gasteiger partial charge in [-0.25, -0.2) is 4.98 Å². The van der Waals surface area contributed by atoms with Crippen molar-refractivity contribution in [3.8, 4) is 11.6 Å². The van der Waals surface area contributed by atoms with E-state index in [1.54, 1.807) is 6.20 Å². The van der Waals surface area contributed by atoms with Crippen molar-refractivity contribution in [1.82, 2.24) is 9.88 Å². The lowest BCUT2D eigenvalue weighted by molar-refractivity contribution is -0.145. The average Bonchev–Trinajstić information content (AvgIpc) is 3.24. The topological polar surface area (TPSA) is 60.9 Å². The molecule has 6 nitrogen and oxygen atoms in total. The molecule has 28 heavy (non-hydrogen) atoms. The molecule has 0 bridgehead atoms. The Labute approximate surface area is 164 Å². The maximum absolute atomic E-state index is 11.9. The first-order chi connectivity index (χ1) is 13.7. The second-order valence-corrected chi connectivity index (χ2v) is 7.77. The SMILES string of the molecule is CCOC(=O)C1C2CN(Cc3ccc([C@H]4COc5cccnc5O4)cc3)CC21. The molecule has 0 amide bonds. The van der Waals surface area contributed by atoms with Gasteiger partial charge in [0.1, 0.15) is 6.61 Å². The molecule has 0 radical (unpaired) electrons. The van der Waals surface area contributed by atoms with E-state index in [9.17, 15) is 4.79 Å². The third-order valence-electron chi connectivity index (χ3n) is 5.97. The van der Waals surface area contributed by atoms with Crippen LogP contribution in [0, 0.1) is 17.8 Å². The molecule has 146 valence electrons. The summed E-state index contributed by atoms with van der Waals surface area (Å²) in [5.41, 5.74) is 2.36. The highest BCUT2D eigenvalue weighted by atomic mass is 16.6. The molecule has 2 unspecified atom stereocenters. The number of aromatic nitrogens is 1. The van der Waals surface area contributed by atoms with E-state index in [2.05, 4.69) is 34.1 Å². The zero-order valence-electron chi connectivity index (χ0n) is 15.9. The summed E-state index contributed by atoms with van der Waals surface area (Å²) < 4.78 is 16.9. The molecule has 1 aromatic heterocycles. The Balaban J connectivity index is 1.16. The molecule has 6 heteroatoms. The summed E-state index contributed by atoms with van der Waals surface area (Å²) in [6, 6.07) is 12.2. The van der Waals surface area contributed by atoms with Gasteiger partial charge < -0.3 is 14.2 Å². The smallest absolute Gasteiger partial charge is 0.309 e. The summed E-state index contributed by atoms with van der Waals surface area (Å²) in [4.78, 5) is 18.5. The number of fused-ring (bicyclic) bond motifs is 2. The number of carbonyl (C=O) groups excluding carboxylic acids is 1. The number of ether oxygens (including phenoxy) is 3. The van der Waals surface area contributed by atoms with Gasteiger partial charge in [-0.2, -0.15) is 0 Å². The molecule has 3 aliphatic rings. The van der Waals surface area contributed by atoms with E-state index in [1.807, 2.05) is 19.1 Å². The average molecular weight is 380 g/mol. The van der Waals surface area contributed by atoms with Crippen LogP contribution in [0.3, 0.4) is 0 Å². The van der Waals surface area contributed by atoms with Crippen molar-refractivity contribution in [2.24, 2.45) is 17.8 Å². The fourth-order valence-electron chi connectivity index (χ4n) is 4.50. The molecule has 1 saturated carbocycles. The van der Waals surface area contributed by atoms with Crippen LogP contribution in [-0.2, 0) is 16.1 Å². The van der Waals surface area contributed by atoms with Crippen molar-refractivity contribution in [3.05, 3.63) is 53.7 Å². The fourth-order valence-corrected chi connectivity index (χ4v) is 4.50. The Bertz CT molecular complexity index is 857. The van der Waals surface area contributed by atoms with Crippen molar-refractivity contribution in [2.45, 2.75) is 19.6 Å². The number of piperidine rings is 1.